The second-order valence-electron chi connectivity index (χ2n) is 6.64. The predicted octanol–water partition coefficient (Wildman–Crippen LogP) is 4.13. The van der Waals surface area contributed by atoms with E-state index in [2.05, 4.69) is 20.0 Å². The van der Waals surface area contributed by atoms with Crippen LogP contribution in [-0.2, 0) is 4.74 Å². The van der Waals surface area contributed by atoms with Gasteiger partial charge in [0.15, 0.2) is 0 Å². The van der Waals surface area contributed by atoms with Crippen molar-refractivity contribution in [2.75, 3.05) is 11.9 Å². The molecule has 0 aliphatic heterocycles. The molecule has 4 rings (SSSR count). The third-order valence-corrected chi connectivity index (χ3v) is 5.18. The highest BCUT2D eigenvalue weighted by Crippen LogP contribution is 2.21. The third-order valence-electron chi connectivity index (χ3n) is 4.68. The van der Waals surface area contributed by atoms with Crippen LogP contribution >= 0.6 is 11.5 Å². The molecule has 1 N–H and O–H groups in total. The number of ether oxygens (including phenoxy) is 1. The van der Waals surface area contributed by atoms with Gasteiger partial charge in [-0.05, 0) is 61.8 Å². The van der Waals surface area contributed by atoms with Crippen LogP contribution in [0.15, 0.2) is 60.1 Å². The summed E-state index contributed by atoms with van der Waals surface area (Å²) in [5.41, 5.74) is 4.76. The highest BCUT2D eigenvalue weighted by atomic mass is 32.1. The molecule has 0 aliphatic carbocycles. The van der Waals surface area contributed by atoms with E-state index in [4.69, 9.17) is 4.74 Å². The molecule has 9 heteroatoms. The van der Waals surface area contributed by atoms with Gasteiger partial charge < -0.3 is 10.1 Å². The molecule has 0 aliphatic rings. The molecule has 1 amide bonds. The van der Waals surface area contributed by atoms with Crippen LogP contribution < -0.4 is 5.32 Å². The van der Waals surface area contributed by atoms with Crippen LogP contribution in [0, 0.1) is 6.92 Å². The Morgan fingerprint density at radius 2 is 1.84 bits per heavy atom. The molecule has 0 saturated carbocycles. The summed E-state index contributed by atoms with van der Waals surface area (Å²) in [6, 6.07) is 14.4. The van der Waals surface area contributed by atoms with E-state index in [1.54, 1.807) is 42.8 Å². The Balaban J connectivity index is 1.46. The van der Waals surface area contributed by atoms with Gasteiger partial charge in [-0.3, -0.25) is 4.79 Å². The number of carbonyl (C=O) groups excluding carboxylic acids is 2. The lowest BCUT2D eigenvalue weighted by molar-refractivity contribution is 0.0525. The van der Waals surface area contributed by atoms with E-state index < -0.39 is 5.97 Å². The first-order valence-corrected chi connectivity index (χ1v) is 10.4. The standard InChI is InChI=1S/C22H19N5O3S/c1-3-30-22(29)19-12-23-27(14(19)2)18-10-6-16(7-11-18)21(28)24-17-8-4-15(5-9-17)20-13-31-26-25-20/h4-13H,3H2,1-2H3,(H,24,28). The van der Waals surface area contributed by atoms with Gasteiger partial charge in [-0.1, -0.05) is 16.6 Å². The molecule has 156 valence electrons. The fourth-order valence-corrected chi connectivity index (χ4v) is 3.52. The Hall–Kier alpha value is -3.85. The van der Waals surface area contributed by atoms with E-state index in [0.29, 0.717) is 29.1 Å². The second kappa shape index (κ2) is 8.88. The lowest BCUT2D eigenvalue weighted by Crippen LogP contribution is -2.12. The monoisotopic (exact) mass is 433 g/mol. The van der Waals surface area contributed by atoms with Crippen molar-refractivity contribution in [3.63, 3.8) is 0 Å². The topological polar surface area (TPSA) is 99.0 Å². The maximum absolute atomic E-state index is 12.6. The molecule has 0 bridgehead atoms. The SMILES string of the molecule is CCOC(=O)c1cnn(-c2ccc(C(=O)Nc3ccc(-c4csnn4)cc3)cc2)c1C. The summed E-state index contributed by atoms with van der Waals surface area (Å²) in [6.07, 6.45) is 1.49. The van der Waals surface area contributed by atoms with Crippen LogP contribution in [0.4, 0.5) is 5.69 Å². The van der Waals surface area contributed by atoms with Gasteiger partial charge in [0.1, 0.15) is 11.3 Å². The van der Waals surface area contributed by atoms with Crippen molar-refractivity contribution in [1.29, 1.82) is 0 Å². The lowest BCUT2D eigenvalue weighted by Gasteiger charge is -2.08. The average Bonchev–Trinajstić information content (AvgIpc) is 3.45. The first-order valence-electron chi connectivity index (χ1n) is 9.58. The van der Waals surface area contributed by atoms with E-state index in [9.17, 15) is 9.59 Å². The summed E-state index contributed by atoms with van der Waals surface area (Å²) < 4.78 is 10.5. The summed E-state index contributed by atoms with van der Waals surface area (Å²) in [5, 5.41) is 13.0. The third kappa shape index (κ3) is 4.36. The number of carbonyl (C=O) groups is 2. The maximum atomic E-state index is 12.6. The van der Waals surface area contributed by atoms with Crippen LogP contribution in [0.25, 0.3) is 16.9 Å². The molecule has 0 radical (unpaired) electrons. The molecule has 0 fully saturated rings. The molecule has 4 aromatic rings. The predicted molar refractivity (Wildman–Crippen MR) is 118 cm³/mol. The minimum atomic E-state index is -0.403. The van der Waals surface area contributed by atoms with Crippen molar-refractivity contribution in [3.05, 3.63) is 76.9 Å². The fourth-order valence-electron chi connectivity index (χ4n) is 3.05. The molecule has 2 aromatic carbocycles. The maximum Gasteiger partial charge on any atom is 0.341 e. The van der Waals surface area contributed by atoms with Gasteiger partial charge in [-0.2, -0.15) is 5.10 Å². The number of benzene rings is 2. The minimum Gasteiger partial charge on any atom is -0.462 e. The number of aromatic nitrogens is 4. The zero-order chi connectivity index (χ0) is 21.8. The Morgan fingerprint density at radius 3 is 2.48 bits per heavy atom. The van der Waals surface area contributed by atoms with Gasteiger partial charge in [-0.25, -0.2) is 9.48 Å². The minimum absolute atomic E-state index is 0.223. The van der Waals surface area contributed by atoms with Crippen molar-refractivity contribution in [1.82, 2.24) is 19.4 Å². The Morgan fingerprint density at radius 1 is 1.10 bits per heavy atom. The van der Waals surface area contributed by atoms with Gasteiger partial charge in [0, 0.05) is 22.2 Å². The number of nitrogens with zero attached hydrogens (tertiary/aromatic N) is 4. The quantitative estimate of drug-likeness (QED) is 0.459. The van der Waals surface area contributed by atoms with E-state index in [-0.39, 0.29) is 5.91 Å². The van der Waals surface area contributed by atoms with Crippen molar-refractivity contribution >= 4 is 29.1 Å². The van der Waals surface area contributed by atoms with E-state index in [1.165, 1.54) is 17.7 Å². The molecular formula is C22H19N5O3S. The van der Waals surface area contributed by atoms with Gasteiger partial charge in [0.2, 0.25) is 0 Å². The number of hydrogen-bond acceptors (Lipinski definition) is 7. The first kappa shape index (κ1) is 20.4. The van der Waals surface area contributed by atoms with Gasteiger partial charge in [0.25, 0.3) is 5.91 Å². The number of esters is 1. The molecule has 0 saturated heterocycles. The summed E-state index contributed by atoms with van der Waals surface area (Å²) >= 11 is 1.29. The number of rotatable bonds is 6. The number of anilines is 1. The van der Waals surface area contributed by atoms with Gasteiger partial charge in [0.05, 0.1) is 24.2 Å². The zero-order valence-electron chi connectivity index (χ0n) is 16.9. The highest BCUT2D eigenvalue weighted by molar-refractivity contribution is 7.03. The van der Waals surface area contributed by atoms with Gasteiger partial charge in [-0.15, -0.1) is 5.10 Å². The Labute approximate surface area is 182 Å². The molecule has 2 aromatic heterocycles. The Kier molecular flexibility index (Phi) is 5.85. The number of hydrogen-bond donors (Lipinski definition) is 1. The smallest absolute Gasteiger partial charge is 0.341 e. The van der Waals surface area contributed by atoms with Crippen LogP contribution in [-0.4, -0.2) is 37.9 Å². The molecule has 2 heterocycles. The van der Waals surface area contributed by atoms with Crippen molar-refractivity contribution < 1.29 is 14.3 Å². The lowest BCUT2D eigenvalue weighted by atomic mass is 10.1. The largest absolute Gasteiger partial charge is 0.462 e. The number of amides is 1. The van der Waals surface area contributed by atoms with Gasteiger partial charge >= 0.3 is 5.97 Å². The van der Waals surface area contributed by atoms with Crippen molar-refractivity contribution in [2.24, 2.45) is 0 Å². The van der Waals surface area contributed by atoms with Crippen molar-refractivity contribution in [2.45, 2.75) is 13.8 Å². The summed E-state index contributed by atoms with van der Waals surface area (Å²) in [5.74, 6) is -0.627. The van der Waals surface area contributed by atoms with E-state index in [1.807, 2.05) is 29.6 Å². The van der Waals surface area contributed by atoms with E-state index >= 15 is 0 Å². The highest BCUT2D eigenvalue weighted by Gasteiger charge is 2.16. The summed E-state index contributed by atoms with van der Waals surface area (Å²) in [7, 11) is 0. The zero-order valence-corrected chi connectivity index (χ0v) is 17.7. The van der Waals surface area contributed by atoms with Crippen LogP contribution in [0.2, 0.25) is 0 Å². The molecular weight excluding hydrogens is 414 g/mol. The average molecular weight is 433 g/mol. The summed E-state index contributed by atoms with van der Waals surface area (Å²) in [6.45, 7) is 3.86. The van der Waals surface area contributed by atoms with Crippen LogP contribution in [0.5, 0.6) is 0 Å². The normalized spacial score (nSPS) is 10.6. The van der Waals surface area contributed by atoms with Crippen LogP contribution in [0.3, 0.4) is 0 Å². The Bertz CT molecular complexity index is 1200. The molecule has 0 spiro atoms. The molecule has 8 nitrogen and oxygen atoms in total. The summed E-state index contributed by atoms with van der Waals surface area (Å²) in [4.78, 5) is 24.6. The van der Waals surface area contributed by atoms with Crippen LogP contribution in [0.1, 0.15) is 33.3 Å². The molecule has 31 heavy (non-hydrogen) atoms. The first-order chi connectivity index (χ1) is 15.1. The fraction of sp³-hybridized carbons (Fsp3) is 0.136. The second-order valence-corrected chi connectivity index (χ2v) is 7.25. The molecule has 0 unspecified atom stereocenters. The van der Waals surface area contributed by atoms with Crippen molar-refractivity contribution in [3.8, 4) is 16.9 Å². The van der Waals surface area contributed by atoms with E-state index in [0.717, 1.165) is 16.9 Å². The number of nitrogens with one attached hydrogen (secondary N) is 1. The molecule has 0 atom stereocenters.